The normalized spacial score (nSPS) is 18.1. The van der Waals surface area contributed by atoms with Gasteiger partial charge < -0.3 is 14.8 Å². The van der Waals surface area contributed by atoms with Crippen LogP contribution in [0.2, 0.25) is 0 Å². The van der Waals surface area contributed by atoms with Gasteiger partial charge in [-0.2, -0.15) is 0 Å². The molecule has 1 saturated heterocycles. The number of hydrogen-bond acceptors (Lipinski definition) is 5. The van der Waals surface area contributed by atoms with Gasteiger partial charge in [-0.25, -0.2) is 12.7 Å². The van der Waals surface area contributed by atoms with Crippen LogP contribution < -0.4 is 5.32 Å². The summed E-state index contributed by atoms with van der Waals surface area (Å²) in [7, 11) is -3.19. The molecule has 1 aromatic carbocycles. The molecule has 1 aromatic heterocycles. The van der Waals surface area contributed by atoms with Gasteiger partial charge in [-0.3, -0.25) is 4.79 Å². The van der Waals surface area contributed by atoms with E-state index in [4.69, 9.17) is 4.42 Å². The molecule has 0 spiro atoms. The third-order valence-electron chi connectivity index (χ3n) is 4.78. The molecular weight excluding hydrogens is 356 g/mol. The molecule has 2 heterocycles. The lowest BCUT2D eigenvalue weighted by Gasteiger charge is -2.29. The summed E-state index contributed by atoms with van der Waals surface area (Å²) in [4.78, 5) is 12.2. The molecule has 8 heteroatoms. The van der Waals surface area contributed by atoms with Gasteiger partial charge in [-0.1, -0.05) is 18.2 Å². The Balaban J connectivity index is 1.45. The van der Waals surface area contributed by atoms with Crippen molar-refractivity contribution in [3.63, 3.8) is 0 Å². The summed E-state index contributed by atoms with van der Waals surface area (Å²) in [5.41, 5.74) is 0.725. The van der Waals surface area contributed by atoms with Gasteiger partial charge in [0.05, 0.1) is 6.26 Å². The summed E-state index contributed by atoms with van der Waals surface area (Å²) >= 11 is 0. The number of piperidine rings is 1. The lowest BCUT2D eigenvalue weighted by atomic mass is 9.97. The van der Waals surface area contributed by atoms with E-state index >= 15 is 0 Å². The summed E-state index contributed by atoms with van der Waals surface area (Å²) in [5.74, 6) is 0.216. The zero-order valence-electron chi connectivity index (χ0n) is 14.7. The van der Waals surface area contributed by atoms with E-state index in [0.29, 0.717) is 44.7 Å². The number of nitrogens with zero attached hydrogens (tertiary/aromatic N) is 1. The van der Waals surface area contributed by atoms with Gasteiger partial charge in [0.2, 0.25) is 15.9 Å². The molecule has 1 aliphatic rings. The zero-order valence-corrected chi connectivity index (χ0v) is 15.5. The van der Waals surface area contributed by atoms with Gasteiger partial charge in [0, 0.05) is 30.9 Å². The summed E-state index contributed by atoms with van der Waals surface area (Å²) < 4.78 is 30.0. The SMILES string of the molecule is CS(=O)(=O)N1CCC(C(=O)NCC[C@H](O)c2cc3ccccc3o2)CC1. The Kier molecular flexibility index (Phi) is 5.64. The highest BCUT2D eigenvalue weighted by Gasteiger charge is 2.28. The van der Waals surface area contributed by atoms with Crippen molar-refractivity contribution in [2.24, 2.45) is 5.92 Å². The molecule has 0 saturated carbocycles. The van der Waals surface area contributed by atoms with Crippen LogP contribution >= 0.6 is 0 Å². The van der Waals surface area contributed by atoms with E-state index in [9.17, 15) is 18.3 Å². The van der Waals surface area contributed by atoms with Gasteiger partial charge in [-0.05, 0) is 31.4 Å². The molecular formula is C18H24N2O5S. The highest BCUT2D eigenvalue weighted by atomic mass is 32.2. The lowest BCUT2D eigenvalue weighted by Crippen LogP contribution is -2.42. The van der Waals surface area contributed by atoms with E-state index in [0.717, 1.165) is 11.0 Å². The molecule has 1 amide bonds. The predicted molar refractivity (Wildman–Crippen MR) is 97.9 cm³/mol. The van der Waals surface area contributed by atoms with Crippen LogP contribution in [0.1, 0.15) is 31.1 Å². The number of carbonyl (C=O) groups excluding carboxylic acids is 1. The average molecular weight is 380 g/mol. The third kappa shape index (κ3) is 4.44. The maximum absolute atomic E-state index is 12.2. The van der Waals surface area contributed by atoms with Gasteiger partial charge in [0.15, 0.2) is 0 Å². The molecule has 3 rings (SSSR count). The van der Waals surface area contributed by atoms with E-state index in [2.05, 4.69) is 5.32 Å². The van der Waals surface area contributed by atoms with Crippen molar-refractivity contribution in [1.82, 2.24) is 9.62 Å². The second-order valence-electron chi connectivity index (χ2n) is 6.72. The Morgan fingerprint density at radius 3 is 2.69 bits per heavy atom. The van der Waals surface area contributed by atoms with Gasteiger partial charge in [0.1, 0.15) is 17.4 Å². The fraction of sp³-hybridized carbons (Fsp3) is 0.500. The number of amides is 1. The summed E-state index contributed by atoms with van der Waals surface area (Å²) in [6, 6.07) is 9.35. The monoisotopic (exact) mass is 380 g/mol. The Morgan fingerprint density at radius 2 is 2.04 bits per heavy atom. The van der Waals surface area contributed by atoms with Crippen LogP contribution in [-0.4, -0.2) is 49.6 Å². The van der Waals surface area contributed by atoms with E-state index in [1.165, 1.54) is 10.6 Å². The fourth-order valence-corrected chi connectivity index (χ4v) is 4.11. The number of benzene rings is 1. The first-order valence-electron chi connectivity index (χ1n) is 8.74. The molecule has 26 heavy (non-hydrogen) atoms. The smallest absolute Gasteiger partial charge is 0.223 e. The molecule has 1 aliphatic heterocycles. The number of aliphatic hydroxyl groups is 1. The summed E-state index contributed by atoms with van der Waals surface area (Å²) in [6.45, 7) is 1.08. The highest BCUT2D eigenvalue weighted by Crippen LogP contribution is 2.25. The molecule has 2 N–H and O–H groups in total. The van der Waals surface area contributed by atoms with Crippen molar-refractivity contribution >= 4 is 26.9 Å². The van der Waals surface area contributed by atoms with Gasteiger partial charge in [0.25, 0.3) is 0 Å². The predicted octanol–water partition coefficient (Wildman–Crippen LogP) is 1.64. The number of aliphatic hydroxyl groups excluding tert-OH is 1. The Hall–Kier alpha value is -1.90. The van der Waals surface area contributed by atoms with Crippen molar-refractivity contribution in [2.45, 2.75) is 25.4 Å². The first-order valence-corrected chi connectivity index (χ1v) is 10.6. The van der Waals surface area contributed by atoms with E-state index in [-0.39, 0.29) is 11.8 Å². The Bertz CT molecular complexity index is 836. The standard InChI is InChI=1S/C18H24N2O5S/c1-26(23,24)20-10-7-13(8-11-20)18(22)19-9-6-15(21)17-12-14-4-2-3-5-16(14)25-17/h2-5,12-13,15,21H,6-11H2,1H3,(H,19,22)/t15-/m0/s1. The average Bonchev–Trinajstić information content (AvgIpc) is 3.05. The first-order chi connectivity index (χ1) is 12.3. The molecule has 2 aromatic rings. The molecule has 1 atom stereocenters. The van der Waals surface area contributed by atoms with Crippen LogP contribution in [0.5, 0.6) is 0 Å². The molecule has 7 nitrogen and oxygen atoms in total. The van der Waals surface area contributed by atoms with Crippen molar-refractivity contribution in [3.05, 3.63) is 36.1 Å². The molecule has 142 valence electrons. The minimum Gasteiger partial charge on any atom is -0.458 e. The van der Waals surface area contributed by atoms with E-state index in [1.807, 2.05) is 30.3 Å². The molecule has 0 unspecified atom stereocenters. The highest BCUT2D eigenvalue weighted by molar-refractivity contribution is 7.88. The molecule has 1 fully saturated rings. The van der Waals surface area contributed by atoms with E-state index in [1.54, 1.807) is 0 Å². The lowest BCUT2D eigenvalue weighted by molar-refractivity contribution is -0.126. The first kappa shape index (κ1) is 18.9. The van der Waals surface area contributed by atoms with E-state index < -0.39 is 16.1 Å². The number of nitrogens with one attached hydrogen (secondary N) is 1. The van der Waals surface area contributed by atoms with Crippen molar-refractivity contribution in [3.8, 4) is 0 Å². The Morgan fingerprint density at radius 1 is 1.35 bits per heavy atom. The number of fused-ring (bicyclic) bond motifs is 1. The number of sulfonamides is 1. The van der Waals surface area contributed by atoms with Crippen LogP contribution in [0, 0.1) is 5.92 Å². The van der Waals surface area contributed by atoms with Crippen molar-refractivity contribution in [2.75, 3.05) is 25.9 Å². The number of rotatable bonds is 6. The molecule has 0 radical (unpaired) electrons. The minimum atomic E-state index is -3.19. The zero-order chi connectivity index (χ0) is 18.7. The van der Waals surface area contributed by atoms with Gasteiger partial charge >= 0.3 is 0 Å². The molecule has 0 bridgehead atoms. The van der Waals surface area contributed by atoms with Crippen LogP contribution in [0.3, 0.4) is 0 Å². The second kappa shape index (κ2) is 7.77. The van der Waals surface area contributed by atoms with Crippen LogP contribution in [-0.2, 0) is 14.8 Å². The fourth-order valence-electron chi connectivity index (χ4n) is 3.23. The third-order valence-corrected chi connectivity index (χ3v) is 6.09. The number of carbonyl (C=O) groups is 1. The van der Waals surface area contributed by atoms with Crippen LogP contribution in [0.25, 0.3) is 11.0 Å². The van der Waals surface area contributed by atoms with Crippen LogP contribution in [0.15, 0.2) is 34.7 Å². The quantitative estimate of drug-likeness (QED) is 0.794. The largest absolute Gasteiger partial charge is 0.458 e. The van der Waals surface area contributed by atoms with Gasteiger partial charge in [-0.15, -0.1) is 0 Å². The van der Waals surface area contributed by atoms with Crippen LogP contribution in [0.4, 0.5) is 0 Å². The van der Waals surface area contributed by atoms with Crippen molar-refractivity contribution in [1.29, 1.82) is 0 Å². The summed E-state index contributed by atoms with van der Waals surface area (Å²) in [6.07, 6.45) is 1.80. The molecule has 0 aliphatic carbocycles. The minimum absolute atomic E-state index is 0.0880. The second-order valence-corrected chi connectivity index (χ2v) is 8.70. The number of para-hydroxylation sites is 1. The maximum Gasteiger partial charge on any atom is 0.223 e. The maximum atomic E-state index is 12.2. The van der Waals surface area contributed by atoms with Crippen molar-refractivity contribution < 1.29 is 22.7 Å². The number of furan rings is 1. The topological polar surface area (TPSA) is 99.9 Å². The summed E-state index contributed by atoms with van der Waals surface area (Å²) in [5, 5.41) is 14.0. The Labute approximate surface area is 153 Å². The number of hydrogen-bond donors (Lipinski definition) is 2.